The summed E-state index contributed by atoms with van der Waals surface area (Å²) in [5.41, 5.74) is 7.75. The van der Waals surface area contributed by atoms with Crippen molar-refractivity contribution in [3.05, 3.63) is 83.8 Å². The second-order valence-electron chi connectivity index (χ2n) is 16.9. The minimum atomic E-state index is -1.45. The molecule has 332 valence electrons. The van der Waals surface area contributed by atoms with Crippen LogP contribution in [-0.4, -0.2) is 39.0 Å². The summed E-state index contributed by atoms with van der Waals surface area (Å²) in [4.78, 5) is 26.5. The molecule has 0 aliphatic carbocycles. The molecular weight excluding hydrogens is 973 g/mol. The number of nitrogens with zero attached hydrogens (tertiary/aromatic N) is 6. The van der Waals surface area contributed by atoms with Gasteiger partial charge in [0.05, 0.1) is 43.0 Å². The van der Waals surface area contributed by atoms with Crippen LogP contribution in [0.25, 0.3) is 93.4 Å². The van der Waals surface area contributed by atoms with E-state index in [4.69, 9.17) is 27.5 Å². The molecule has 10 aromatic heterocycles. The second-order valence-corrected chi connectivity index (χ2v) is 27.4. The van der Waals surface area contributed by atoms with Crippen molar-refractivity contribution in [2.24, 2.45) is 11.8 Å². The summed E-state index contributed by atoms with van der Waals surface area (Å²) >= 11 is 13.6. The van der Waals surface area contributed by atoms with E-state index < -0.39 is 10.0 Å². The number of hydrogen-bond acceptors (Lipinski definition) is 14. The van der Waals surface area contributed by atoms with Crippen molar-refractivity contribution in [1.82, 2.24) is 27.5 Å². The molecule has 0 N–H and O–H groups in total. The quantitative estimate of drug-likeness (QED) is 0.0852. The minimum absolute atomic E-state index is 0.660. The lowest BCUT2D eigenvalue weighted by Crippen LogP contribution is -2.20. The maximum atomic E-state index is 5.29. The van der Waals surface area contributed by atoms with Gasteiger partial charge in [-0.2, -0.15) is 27.5 Å². The first kappa shape index (κ1) is 44.0. The zero-order valence-electron chi connectivity index (χ0n) is 36.7. The van der Waals surface area contributed by atoms with E-state index in [2.05, 4.69) is 112 Å². The Morgan fingerprint density at radius 3 is 1.35 bits per heavy atom. The lowest BCUT2D eigenvalue weighted by Gasteiger charge is -2.42. The van der Waals surface area contributed by atoms with Gasteiger partial charge in [0.15, 0.2) is 0 Å². The Hall–Kier alpha value is -3.51. The van der Waals surface area contributed by atoms with Crippen molar-refractivity contribution < 1.29 is 0 Å². The van der Waals surface area contributed by atoms with Gasteiger partial charge in [0.25, 0.3) is 0 Å². The Bertz CT molecular complexity index is 3000. The van der Waals surface area contributed by atoms with Crippen LogP contribution in [0.4, 0.5) is 0 Å². The monoisotopic (exact) mass is 1020 g/mol. The molecular formula is C50H48N6S9. The predicted octanol–water partition coefficient (Wildman–Crippen LogP) is 18.5. The maximum Gasteiger partial charge on any atom is 0.132 e. The summed E-state index contributed by atoms with van der Waals surface area (Å²) in [5.74, 6) is 3.78. The van der Waals surface area contributed by atoms with Crippen molar-refractivity contribution in [2.75, 3.05) is 11.5 Å². The first-order valence-electron chi connectivity index (χ1n) is 22.6. The summed E-state index contributed by atoms with van der Waals surface area (Å²) < 4.78 is 19.8. The third-order valence-corrected chi connectivity index (χ3v) is 25.4. The summed E-state index contributed by atoms with van der Waals surface area (Å²) in [5, 5.41) is 4.28. The summed E-state index contributed by atoms with van der Waals surface area (Å²) in [6.07, 6.45) is 14.1. The fourth-order valence-corrected chi connectivity index (χ4v) is 23.0. The van der Waals surface area contributed by atoms with Gasteiger partial charge in [-0.15, -0.1) is 68.0 Å². The molecule has 0 radical (unpaired) electrons. The smallest absolute Gasteiger partial charge is 0.132 e. The van der Waals surface area contributed by atoms with Gasteiger partial charge in [0.1, 0.15) is 33.5 Å². The maximum absolute atomic E-state index is 5.29. The molecule has 0 bridgehead atoms. The molecule has 0 amide bonds. The number of rotatable bonds is 18. The Kier molecular flexibility index (Phi) is 12.8. The van der Waals surface area contributed by atoms with E-state index in [0.29, 0.717) is 11.8 Å². The molecule has 0 aromatic carbocycles. The Labute approximate surface area is 414 Å². The topological polar surface area (TPSA) is 77.3 Å². The van der Waals surface area contributed by atoms with E-state index in [1.54, 1.807) is 55.1 Å². The van der Waals surface area contributed by atoms with Crippen molar-refractivity contribution in [1.29, 1.82) is 0 Å². The summed E-state index contributed by atoms with van der Waals surface area (Å²) in [6.45, 7) is 9.55. The molecule has 1 aliphatic heterocycles. The normalized spacial score (nSPS) is 14.6. The highest BCUT2D eigenvalue weighted by atomic mass is 32.3. The largest absolute Gasteiger partial charge is 0.252 e. The molecule has 2 unspecified atom stereocenters. The minimum Gasteiger partial charge on any atom is -0.252 e. The van der Waals surface area contributed by atoms with Gasteiger partial charge >= 0.3 is 0 Å². The number of thiophene rings is 6. The Morgan fingerprint density at radius 2 is 0.938 bits per heavy atom. The number of fused-ring (bicyclic) bond motifs is 5. The van der Waals surface area contributed by atoms with Crippen molar-refractivity contribution in [2.45, 2.75) is 88.9 Å². The van der Waals surface area contributed by atoms with Crippen LogP contribution in [0.2, 0.25) is 0 Å². The molecule has 0 spiro atoms. The first-order chi connectivity index (χ1) is 32.0. The third-order valence-electron chi connectivity index (χ3n) is 12.9. The first-order valence-corrected chi connectivity index (χ1v) is 31.0. The van der Waals surface area contributed by atoms with Crippen LogP contribution < -0.4 is 0 Å². The highest BCUT2D eigenvalue weighted by Gasteiger charge is 2.45. The molecule has 0 saturated heterocycles. The molecule has 11 heterocycles. The molecule has 15 heteroatoms. The van der Waals surface area contributed by atoms with Crippen LogP contribution in [0, 0.1) is 11.8 Å². The number of pyridine rings is 2. The zero-order chi connectivity index (χ0) is 44.1. The molecule has 1 aliphatic rings. The Balaban J connectivity index is 1.05. The van der Waals surface area contributed by atoms with Gasteiger partial charge in [0.2, 0.25) is 0 Å². The van der Waals surface area contributed by atoms with Crippen molar-refractivity contribution in [3.63, 3.8) is 0 Å². The van der Waals surface area contributed by atoms with Crippen molar-refractivity contribution in [3.8, 4) is 71.3 Å². The van der Waals surface area contributed by atoms with E-state index in [1.165, 1.54) is 135 Å². The molecule has 6 nitrogen and oxygen atoms in total. The average Bonchev–Trinajstić information content (AvgIpc) is 4.16. The van der Waals surface area contributed by atoms with Crippen LogP contribution in [-0.2, 0) is 0 Å². The number of unbranched alkanes of at least 4 members (excludes halogenated alkanes) is 2. The van der Waals surface area contributed by atoms with Gasteiger partial charge in [-0.25, -0.2) is 0 Å². The lowest BCUT2D eigenvalue weighted by atomic mass is 10.0. The molecule has 2 atom stereocenters. The number of hydrogen-bond donors (Lipinski definition) is 0. The third kappa shape index (κ3) is 8.03. The molecule has 0 fully saturated rings. The second kappa shape index (κ2) is 18.9. The van der Waals surface area contributed by atoms with E-state index in [-0.39, 0.29) is 0 Å². The van der Waals surface area contributed by atoms with Gasteiger partial charge in [0, 0.05) is 62.6 Å². The highest BCUT2D eigenvalue weighted by molar-refractivity contribution is 8.34. The molecule has 65 heavy (non-hydrogen) atoms. The summed E-state index contributed by atoms with van der Waals surface area (Å²) in [7, 11) is -1.45. The van der Waals surface area contributed by atoms with Crippen LogP contribution >= 0.6 is 102 Å². The number of aromatic nitrogens is 6. The Morgan fingerprint density at radius 1 is 0.492 bits per heavy atom. The lowest BCUT2D eigenvalue weighted by molar-refractivity contribution is 0.484. The van der Waals surface area contributed by atoms with Crippen LogP contribution in [0.3, 0.4) is 0 Å². The fraction of sp³-hybridized carbons (Fsp3) is 0.320. The zero-order valence-corrected chi connectivity index (χ0v) is 44.0. The van der Waals surface area contributed by atoms with E-state index in [9.17, 15) is 0 Å². The standard InChI is InChI=1S/C50H48N6S9/c1-5-9-13-29(7-3)27-65(28-30(8-4)14-10-6-2)41-23-39(45-47-43(53-63-55-47)31(25-51-45)33-17-19-37(59-33)35-15-11-21-57-35)61-49(41)50-42(65)24-40(62-50)46-48-44(54-64-56-48)32(26-52-46)34-18-20-38(60-34)36-16-12-22-58-36/h11-12,15-26,29-30H,5-10,13-14,27-28H2,1-4H3. The van der Waals surface area contributed by atoms with Crippen LogP contribution in [0.5, 0.6) is 0 Å². The van der Waals surface area contributed by atoms with Crippen molar-refractivity contribution >= 4 is 124 Å². The molecule has 11 rings (SSSR count). The average molecular weight is 1020 g/mol. The van der Waals surface area contributed by atoms with Crippen LogP contribution in [0.15, 0.2) is 93.6 Å². The SMILES string of the molecule is CCCCC(CC)CS1(CC(CC)CCCC)c2cc(-c3ncc(-c4ccc(-c5cccs5)s4)c4nsnc34)sc2-c2sc(-c3ncc(-c4ccc(-c5cccs5)s4)c4nsnc34)cc21. The summed E-state index contributed by atoms with van der Waals surface area (Å²) in [6, 6.07) is 22.7. The predicted molar refractivity (Wildman–Crippen MR) is 290 cm³/mol. The fourth-order valence-electron chi connectivity index (χ4n) is 9.36. The van der Waals surface area contributed by atoms with E-state index >= 15 is 0 Å². The van der Waals surface area contributed by atoms with E-state index in [1.807, 2.05) is 22.7 Å². The molecule has 10 aromatic rings. The highest BCUT2D eigenvalue weighted by Crippen LogP contribution is 2.77. The van der Waals surface area contributed by atoms with Crippen LogP contribution in [0.1, 0.15) is 79.1 Å². The van der Waals surface area contributed by atoms with E-state index in [0.717, 1.165) is 44.6 Å². The molecule has 0 saturated carbocycles. The van der Waals surface area contributed by atoms with Gasteiger partial charge in [-0.05, 0) is 95.5 Å². The van der Waals surface area contributed by atoms with Gasteiger partial charge in [-0.1, -0.05) is 78.4 Å². The van der Waals surface area contributed by atoms with Gasteiger partial charge in [-0.3, -0.25) is 9.97 Å². The van der Waals surface area contributed by atoms with Gasteiger partial charge < -0.3 is 0 Å².